The molecule has 2 N–H and O–H groups in total. The van der Waals surface area contributed by atoms with Crippen LogP contribution < -0.4 is 10.6 Å². The molecule has 12 heteroatoms. The Morgan fingerprint density at radius 2 is 1.86 bits per heavy atom. The van der Waals surface area contributed by atoms with Crippen molar-refractivity contribution in [3.63, 3.8) is 0 Å². The largest absolute Gasteiger partial charge is 0.331 e. The third-order valence-corrected chi connectivity index (χ3v) is 6.21. The molecule has 180 valence electrons. The first-order valence-electron chi connectivity index (χ1n) is 11.2. The number of nitrogens with zero attached hydrogens (tertiary/aromatic N) is 7. The van der Waals surface area contributed by atoms with E-state index in [1.165, 1.54) is 42.4 Å². The Labute approximate surface area is 205 Å². The molecule has 1 aliphatic carbocycles. The summed E-state index contributed by atoms with van der Waals surface area (Å²) in [6.45, 7) is 1.95. The van der Waals surface area contributed by atoms with Crippen molar-refractivity contribution in [1.82, 2.24) is 45.1 Å². The van der Waals surface area contributed by atoms with Crippen molar-refractivity contribution in [3.05, 3.63) is 76.9 Å². The van der Waals surface area contributed by atoms with Gasteiger partial charge in [-0.25, -0.2) is 28.5 Å². The van der Waals surface area contributed by atoms with Crippen molar-refractivity contribution in [1.29, 1.82) is 0 Å². The molecule has 3 aromatic heterocycles. The Balaban J connectivity index is 1.20. The predicted octanol–water partition coefficient (Wildman–Crippen LogP) is 3.61. The monoisotopic (exact) mass is 495 g/mol. The molecule has 10 nitrogen and oxygen atoms in total. The van der Waals surface area contributed by atoms with E-state index in [2.05, 4.69) is 35.8 Å². The summed E-state index contributed by atoms with van der Waals surface area (Å²) in [4.78, 5) is 25.6. The van der Waals surface area contributed by atoms with Gasteiger partial charge in [-0.15, -0.1) is 0 Å². The molecule has 4 aromatic rings. The number of hydrogen-bond donors (Lipinski definition) is 2. The van der Waals surface area contributed by atoms with Gasteiger partial charge >= 0.3 is 6.03 Å². The fourth-order valence-corrected chi connectivity index (χ4v) is 3.97. The Bertz CT molecular complexity index is 1350. The van der Waals surface area contributed by atoms with E-state index in [4.69, 9.17) is 11.6 Å². The summed E-state index contributed by atoms with van der Waals surface area (Å²) in [5, 5.41) is 14.1. The number of rotatable bonds is 7. The predicted molar refractivity (Wildman–Crippen MR) is 126 cm³/mol. The van der Waals surface area contributed by atoms with Gasteiger partial charge in [0.2, 0.25) is 0 Å². The van der Waals surface area contributed by atoms with E-state index >= 15 is 0 Å². The Morgan fingerprint density at radius 3 is 2.54 bits per heavy atom. The summed E-state index contributed by atoms with van der Waals surface area (Å²) in [6.07, 6.45) is 6.84. The van der Waals surface area contributed by atoms with E-state index in [1.807, 2.05) is 12.1 Å². The van der Waals surface area contributed by atoms with E-state index in [0.717, 1.165) is 11.4 Å². The van der Waals surface area contributed by atoms with Crippen molar-refractivity contribution in [2.75, 3.05) is 0 Å². The standard InChI is InChI=1S/C23H23ClFN9O/c1-14-31-22(34(32-14)16-5-7-18(24)19(25)9-16)12-28-23(35)27-11-21-29-13-30-33(21)17-6-8-20(26-10-17)15-3-2-4-15/h5-10,13,15H,2-4,11-12H2,1H3,(H2,27,28,35). The lowest BCUT2D eigenvalue weighted by Gasteiger charge is -2.24. The van der Waals surface area contributed by atoms with Gasteiger partial charge in [0.15, 0.2) is 11.6 Å². The smallest absolute Gasteiger partial charge is 0.315 e. The van der Waals surface area contributed by atoms with Gasteiger partial charge in [0.25, 0.3) is 0 Å². The Hall–Kier alpha value is -3.86. The fourth-order valence-electron chi connectivity index (χ4n) is 3.85. The minimum atomic E-state index is -0.564. The molecule has 5 rings (SSSR count). The number of aryl methyl sites for hydroxylation is 1. The lowest BCUT2D eigenvalue weighted by atomic mass is 9.83. The van der Waals surface area contributed by atoms with Gasteiger partial charge in [-0.2, -0.15) is 10.2 Å². The maximum absolute atomic E-state index is 13.9. The van der Waals surface area contributed by atoms with Gasteiger partial charge in [0, 0.05) is 17.7 Å². The number of benzene rings is 1. The van der Waals surface area contributed by atoms with Crippen LogP contribution in [0.4, 0.5) is 9.18 Å². The molecule has 35 heavy (non-hydrogen) atoms. The first-order valence-corrected chi connectivity index (χ1v) is 11.6. The highest BCUT2D eigenvalue weighted by molar-refractivity contribution is 6.30. The van der Waals surface area contributed by atoms with Crippen LogP contribution in [0.1, 0.15) is 48.3 Å². The quantitative estimate of drug-likeness (QED) is 0.404. The molecule has 2 amide bonds. The Morgan fingerprint density at radius 1 is 1.09 bits per heavy atom. The van der Waals surface area contributed by atoms with Crippen molar-refractivity contribution >= 4 is 17.6 Å². The van der Waals surface area contributed by atoms with E-state index in [-0.39, 0.29) is 18.1 Å². The van der Waals surface area contributed by atoms with Crippen molar-refractivity contribution in [3.8, 4) is 11.4 Å². The van der Waals surface area contributed by atoms with Crippen LogP contribution >= 0.6 is 11.6 Å². The third-order valence-electron chi connectivity index (χ3n) is 5.90. The Kier molecular flexibility index (Phi) is 6.41. The zero-order valence-electron chi connectivity index (χ0n) is 18.9. The van der Waals surface area contributed by atoms with Gasteiger partial charge in [-0.1, -0.05) is 18.0 Å². The average Bonchev–Trinajstić information content (AvgIpc) is 3.44. The van der Waals surface area contributed by atoms with Crippen LogP contribution in [0, 0.1) is 12.7 Å². The van der Waals surface area contributed by atoms with Crippen LogP contribution in [0.5, 0.6) is 0 Å². The molecule has 0 radical (unpaired) electrons. The topological polar surface area (TPSA) is 115 Å². The summed E-state index contributed by atoms with van der Waals surface area (Å²) >= 11 is 5.77. The molecule has 0 aliphatic heterocycles. The summed E-state index contributed by atoms with van der Waals surface area (Å²) in [6, 6.07) is 7.90. The number of halogens is 2. The molecular weight excluding hydrogens is 473 g/mol. The number of carbonyl (C=O) groups excluding carboxylic acids is 1. The normalized spacial score (nSPS) is 13.5. The lowest BCUT2D eigenvalue weighted by molar-refractivity contribution is 0.239. The van der Waals surface area contributed by atoms with E-state index in [1.54, 1.807) is 23.9 Å². The highest BCUT2D eigenvalue weighted by Gasteiger charge is 2.21. The first-order chi connectivity index (χ1) is 17.0. The molecule has 0 unspecified atom stereocenters. The number of pyridine rings is 1. The number of nitrogens with one attached hydrogen (secondary N) is 2. The highest BCUT2D eigenvalue weighted by atomic mass is 35.5. The van der Waals surface area contributed by atoms with E-state index in [0.29, 0.717) is 29.1 Å². The number of amides is 2. The molecular formula is C23H23ClFN9O. The summed E-state index contributed by atoms with van der Waals surface area (Å²) < 4.78 is 17.0. The second-order valence-corrected chi connectivity index (χ2v) is 8.69. The number of aromatic nitrogens is 7. The molecule has 1 saturated carbocycles. The SMILES string of the molecule is Cc1nc(CNC(=O)NCc2ncnn2-c2ccc(C3CCC3)nc2)n(-c2ccc(Cl)c(F)c2)n1. The minimum absolute atomic E-state index is 0.0163. The summed E-state index contributed by atoms with van der Waals surface area (Å²) in [5.74, 6) is 1.49. The number of hydrogen-bond acceptors (Lipinski definition) is 6. The highest BCUT2D eigenvalue weighted by Crippen LogP contribution is 2.35. The second-order valence-electron chi connectivity index (χ2n) is 8.28. The third kappa shape index (κ3) is 4.99. The maximum Gasteiger partial charge on any atom is 0.315 e. The van der Waals surface area contributed by atoms with Crippen molar-refractivity contribution in [2.45, 2.75) is 45.2 Å². The summed E-state index contributed by atoms with van der Waals surface area (Å²) in [5.41, 5.74) is 2.33. The number of urea groups is 1. The molecule has 1 aliphatic rings. The first kappa shape index (κ1) is 22.9. The lowest BCUT2D eigenvalue weighted by Crippen LogP contribution is -2.36. The summed E-state index contributed by atoms with van der Waals surface area (Å²) in [7, 11) is 0. The van der Waals surface area contributed by atoms with Gasteiger partial charge in [0.1, 0.15) is 18.0 Å². The second kappa shape index (κ2) is 9.79. The molecule has 1 aromatic carbocycles. The van der Waals surface area contributed by atoms with Crippen LogP contribution in [0.15, 0.2) is 42.9 Å². The van der Waals surface area contributed by atoms with Gasteiger partial charge < -0.3 is 10.6 Å². The van der Waals surface area contributed by atoms with Gasteiger partial charge in [-0.05, 0) is 44.0 Å². The maximum atomic E-state index is 13.9. The van der Waals surface area contributed by atoms with Crippen molar-refractivity contribution in [2.24, 2.45) is 0 Å². The van der Waals surface area contributed by atoms with Crippen LogP contribution in [-0.4, -0.2) is 40.5 Å². The molecule has 1 fully saturated rings. The van der Waals surface area contributed by atoms with E-state index < -0.39 is 11.8 Å². The molecule has 0 spiro atoms. The van der Waals surface area contributed by atoms with Crippen LogP contribution in [0.3, 0.4) is 0 Å². The minimum Gasteiger partial charge on any atom is -0.331 e. The zero-order chi connectivity index (χ0) is 24.4. The van der Waals surface area contributed by atoms with Crippen LogP contribution in [-0.2, 0) is 13.1 Å². The van der Waals surface area contributed by atoms with E-state index in [9.17, 15) is 9.18 Å². The van der Waals surface area contributed by atoms with Crippen molar-refractivity contribution < 1.29 is 9.18 Å². The van der Waals surface area contributed by atoms with Crippen LogP contribution in [0.25, 0.3) is 11.4 Å². The zero-order valence-corrected chi connectivity index (χ0v) is 19.7. The molecule has 0 saturated heterocycles. The number of carbonyl (C=O) groups is 1. The van der Waals surface area contributed by atoms with Gasteiger partial charge in [0.05, 0.1) is 35.7 Å². The molecule has 0 bridgehead atoms. The fraction of sp³-hybridized carbons (Fsp3) is 0.304. The van der Waals surface area contributed by atoms with Crippen LogP contribution in [0.2, 0.25) is 5.02 Å². The average molecular weight is 496 g/mol. The molecule has 3 heterocycles. The molecule has 0 atom stereocenters. The van der Waals surface area contributed by atoms with Gasteiger partial charge in [-0.3, -0.25) is 4.98 Å².